The number of hydrogen-bond acceptors (Lipinski definition) is 8. The van der Waals surface area contributed by atoms with Gasteiger partial charge in [-0.05, 0) is 61.7 Å². The van der Waals surface area contributed by atoms with Crippen molar-refractivity contribution in [3.63, 3.8) is 0 Å². The number of hydrogen-bond donors (Lipinski definition) is 2. The number of pyridine rings is 1. The third-order valence-electron chi connectivity index (χ3n) is 6.77. The number of nitrogens with one attached hydrogen (secondary N) is 2. The van der Waals surface area contributed by atoms with E-state index in [1.807, 2.05) is 24.3 Å². The Kier molecular flexibility index (Phi) is 8.59. The number of anilines is 3. The van der Waals surface area contributed by atoms with Crippen molar-refractivity contribution in [1.29, 1.82) is 0 Å². The third kappa shape index (κ3) is 6.38. The number of likely N-dealkylation sites (tertiary alicyclic amines) is 1. The van der Waals surface area contributed by atoms with Crippen LogP contribution in [0.3, 0.4) is 0 Å². The molecular formula is C30H29ClN6O4. The number of nitrogens with zero attached hydrogens (tertiary/aromatic N) is 4. The van der Waals surface area contributed by atoms with Gasteiger partial charge in [0.05, 0.1) is 29.0 Å². The van der Waals surface area contributed by atoms with Crippen molar-refractivity contribution >= 4 is 51.5 Å². The molecule has 210 valence electrons. The maximum atomic E-state index is 13.3. The van der Waals surface area contributed by atoms with Gasteiger partial charge in [-0.3, -0.25) is 14.6 Å². The van der Waals surface area contributed by atoms with E-state index in [-0.39, 0.29) is 11.8 Å². The summed E-state index contributed by atoms with van der Waals surface area (Å²) in [4.78, 5) is 40.3. The van der Waals surface area contributed by atoms with Crippen LogP contribution in [0.25, 0.3) is 10.9 Å². The zero-order chi connectivity index (χ0) is 28.8. The molecule has 0 radical (unpaired) electrons. The average Bonchev–Trinajstić information content (AvgIpc) is 3.00. The number of carbonyl (C=O) groups excluding carboxylic acids is 2. The van der Waals surface area contributed by atoms with Crippen LogP contribution in [0.5, 0.6) is 11.5 Å². The lowest BCUT2D eigenvalue weighted by atomic mass is 10.0. The van der Waals surface area contributed by atoms with Crippen molar-refractivity contribution in [2.75, 3.05) is 24.3 Å². The molecule has 0 saturated carbocycles. The fourth-order valence-electron chi connectivity index (χ4n) is 4.72. The SMILES string of the molecule is C=CC(=O)N1CCCCC1C(=O)Nc1cc2c(Nc3ccc(OCc4ccccn4)c(Cl)c3)ncnc2cc1OC. The molecule has 4 aromatic rings. The van der Waals surface area contributed by atoms with Gasteiger partial charge in [-0.1, -0.05) is 24.2 Å². The van der Waals surface area contributed by atoms with E-state index in [1.165, 1.54) is 19.5 Å². The molecule has 2 aromatic heterocycles. The summed E-state index contributed by atoms with van der Waals surface area (Å²) in [6, 6.07) is 13.8. The van der Waals surface area contributed by atoms with Gasteiger partial charge in [0.15, 0.2) is 0 Å². The lowest BCUT2D eigenvalue weighted by molar-refractivity contribution is -0.136. The van der Waals surface area contributed by atoms with Crippen molar-refractivity contribution in [3.05, 3.63) is 84.4 Å². The van der Waals surface area contributed by atoms with Gasteiger partial charge in [0.1, 0.15) is 36.3 Å². The summed E-state index contributed by atoms with van der Waals surface area (Å²) in [6.45, 7) is 4.37. The molecule has 2 N–H and O–H groups in total. The number of rotatable bonds is 9. The maximum Gasteiger partial charge on any atom is 0.247 e. The highest BCUT2D eigenvalue weighted by Gasteiger charge is 2.31. The molecule has 1 fully saturated rings. The first-order valence-corrected chi connectivity index (χ1v) is 13.5. The van der Waals surface area contributed by atoms with E-state index in [2.05, 4.69) is 32.2 Å². The highest BCUT2D eigenvalue weighted by Crippen LogP contribution is 2.35. The van der Waals surface area contributed by atoms with Crippen molar-refractivity contribution in [2.24, 2.45) is 0 Å². The number of fused-ring (bicyclic) bond motifs is 1. The molecule has 2 amide bonds. The van der Waals surface area contributed by atoms with E-state index in [9.17, 15) is 9.59 Å². The van der Waals surface area contributed by atoms with Crippen LogP contribution >= 0.6 is 11.6 Å². The Bertz CT molecular complexity index is 1580. The second-order valence-corrected chi connectivity index (χ2v) is 9.82. The standard InChI is InChI=1S/C30H29ClN6O4/c1-3-28(38)37-13-7-5-9-25(37)30(39)36-24-15-21-23(16-27(24)40-2)33-18-34-29(21)35-19-10-11-26(22(31)14-19)41-17-20-8-4-6-12-32-20/h3-4,6,8,10-12,14-16,18,25H,1,5,7,9,13,17H2,2H3,(H,36,39)(H,33,34,35). The number of benzene rings is 2. The summed E-state index contributed by atoms with van der Waals surface area (Å²) in [5, 5.41) is 7.30. The molecule has 11 heteroatoms. The molecule has 0 spiro atoms. The van der Waals surface area contributed by atoms with Crippen LogP contribution in [-0.4, -0.2) is 51.4 Å². The lowest BCUT2D eigenvalue weighted by Gasteiger charge is -2.34. The zero-order valence-electron chi connectivity index (χ0n) is 22.5. The molecule has 5 rings (SSSR count). The van der Waals surface area contributed by atoms with Crippen molar-refractivity contribution in [3.8, 4) is 11.5 Å². The largest absolute Gasteiger partial charge is 0.494 e. The lowest BCUT2D eigenvalue weighted by Crippen LogP contribution is -2.49. The Labute approximate surface area is 242 Å². The molecule has 0 aliphatic carbocycles. The van der Waals surface area contributed by atoms with E-state index in [0.29, 0.717) is 64.2 Å². The number of halogens is 1. The summed E-state index contributed by atoms with van der Waals surface area (Å²) in [5.74, 6) is 0.911. The third-order valence-corrected chi connectivity index (χ3v) is 7.07. The fraction of sp³-hybridized carbons (Fsp3) is 0.233. The van der Waals surface area contributed by atoms with Gasteiger partial charge in [-0.15, -0.1) is 0 Å². The number of carbonyl (C=O) groups is 2. The van der Waals surface area contributed by atoms with Gasteiger partial charge in [-0.25, -0.2) is 9.97 Å². The van der Waals surface area contributed by atoms with Crippen LogP contribution < -0.4 is 20.1 Å². The zero-order valence-corrected chi connectivity index (χ0v) is 23.2. The summed E-state index contributed by atoms with van der Waals surface area (Å²) in [7, 11) is 1.52. The molecule has 41 heavy (non-hydrogen) atoms. The van der Waals surface area contributed by atoms with Crippen LogP contribution in [0.15, 0.2) is 73.7 Å². The fourth-order valence-corrected chi connectivity index (χ4v) is 4.95. The van der Waals surface area contributed by atoms with Crippen LogP contribution in [0.1, 0.15) is 25.0 Å². The smallest absolute Gasteiger partial charge is 0.247 e. The van der Waals surface area contributed by atoms with Crippen LogP contribution in [-0.2, 0) is 16.2 Å². The molecule has 3 heterocycles. The van der Waals surface area contributed by atoms with E-state index in [0.717, 1.165) is 18.5 Å². The Hall–Kier alpha value is -4.70. The number of methoxy groups -OCH3 is 1. The minimum absolute atomic E-state index is 0.262. The number of amides is 2. The number of piperidine rings is 1. The van der Waals surface area contributed by atoms with Crippen molar-refractivity contribution in [1.82, 2.24) is 19.9 Å². The first-order chi connectivity index (χ1) is 20.0. The molecule has 2 aromatic carbocycles. The average molecular weight is 573 g/mol. The number of aromatic nitrogens is 3. The predicted octanol–water partition coefficient (Wildman–Crippen LogP) is 5.52. The maximum absolute atomic E-state index is 13.3. The van der Waals surface area contributed by atoms with Crippen molar-refractivity contribution in [2.45, 2.75) is 31.9 Å². The van der Waals surface area contributed by atoms with E-state index in [4.69, 9.17) is 21.1 Å². The second kappa shape index (κ2) is 12.6. The monoisotopic (exact) mass is 572 g/mol. The molecular weight excluding hydrogens is 544 g/mol. The van der Waals surface area contributed by atoms with Gasteiger partial charge >= 0.3 is 0 Å². The molecule has 1 saturated heterocycles. The van der Waals surface area contributed by atoms with E-state index in [1.54, 1.807) is 35.4 Å². The van der Waals surface area contributed by atoms with Crippen LogP contribution in [0.4, 0.5) is 17.2 Å². The Balaban J connectivity index is 1.38. The quantitative estimate of drug-likeness (QED) is 0.252. The van der Waals surface area contributed by atoms with Gasteiger partial charge in [0.2, 0.25) is 11.8 Å². The molecule has 1 unspecified atom stereocenters. The second-order valence-electron chi connectivity index (χ2n) is 9.41. The minimum Gasteiger partial charge on any atom is -0.494 e. The predicted molar refractivity (Wildman–Crippen MR) is 158 cm³/mol. The van der Waals surface area contributed by atoms with Crippen LogP contribution in [0.2, 0.25) is 5.02 Å². The summed E-state index contributed by atoms with van der Waals surface area (Å²) in [5.41, 5.74) is 2.53. The highest BCUT2D eigenvalue weighted by atomic mass is 35.5. The minimum atomic E-state index is -0.597. The Morgan fingerprint density at radius 2 is 2.00 bits per heavy atom. The van der Waals surface area contributed by atoms with Gasteiger partial charge in [-0.2, -0.15) is 0 Å². The van der Waals surface area contributed by atoms with E-state index >= 15 is 0 Å². The summed E-state index contributed by atoms with van der Waals surface area (Å²) in [6.07, 6.45) is 6.65. The number of ether oxygens (including phenoxy) is 2. The first-order valence-electron chi connectivity index (χ1n) is 13.1. The van der Waals surface area contributed by atoms with Crippen LogP contribution in [0, 0.1) is 0 Å². The normalized spacial score (nSPS) is 14.8. The molecule has 1 atom stereocenters. The van der Waals surface area contributed by atoms with E-state index < -0.39 is 6.04 Å². The molecule has 1 aliphatic rings. The van der Waals surface area contributed by atoms with Crippen molar-refractivity contribution < 1.29 is 19.1 Å². The first kappa shape index (κ1) is 27.9. The topological polar surface area (TPSA) is 119 Å². The Morgan fingerprint density at radius 3 is 2.76 bits per heavy atom. The molecule has 10 nitrogen and oxygen atoms in total. The summed E-state index contributed by atoms with van der Waals surface area (Å²) >= 11 is 6.50. The highest BCUT2D eigenvalue weighted by molar-refractivity contribution is 6.32. The molecule has 1 aliphatic heterocycles. The Morgan fingerprint density at radius 1 is 1.12 bits per heavy atom. The summed E-state index contributed by atoms with van der Waals surface area (Å²) < 4.78 is 11.4. The molecule has 0 bridgehead atoms. The van der Waals surface area contributed by atoms with Gasteiger partial charge < -0.3 is 25.0 Å². The van der Waals surface area contributed by atoms with Gasteiger partial charge in [0.25, 0.3) is 0 Å². The van der Waals surface area contributed by atoms with Gasteiger partial charge in [0, 0.05) is 29.9 Å².